The molecule has 2 bridgehead atoms. The van der Waals surface area contributed by atoms with Crippen molar-refractivity contribution in [1.29, 1.82) is 0 Å². The Kier molecular flexibility index (Phi) is 3.98. The third kappa shape index (κ3) is 2.94. The van der Waals surface area contributed by atoms with Gasteiger partial charge in [0.2, 0.25) is 0 Å². The van der Waals surface area contributed by atoms with Gasteiger partial charge in [-0.1, -0.05) is 42.5 Å². The van der Waals surface area contributed by atoms with Gasteiger partial charge in [0, 0.05) is 24.5 Å². The molecule has 4 rings (SSSR count). The summed E-state index contributed by atoms with van der Waals surface area (Å²) in [5.41, 5.74) is 5.22. The SMILES string of the molecule is Cc1ncccc1C1=CC2COCC(C1)N2Cc1ccccc1. The summed E-state index contributed by atoms with van der Waals surface area (Å²) >= 11 is 0. The van der Waals surface area contributed by atoms with Crippen LogP contribution in [0.5, 0.6) is 0 Å². The first-order valence-electron chi connectivity index (χ1n) is 8.31. The molecule has 118 valence electrons. The van der Waals surface area contributed by atoms with Gasteiger partial charge in [-0.25, -0.2) is 0 Å². The van der Waals surface area contributed by atoms with Crippen molar-refractivity contribution in [3.63, 3.8) is 0 Å². The molecular formula is C20H22N2O. The van der Waals surface area contributed by atoms with Gasteiger partial charge in [-0.15, -0.1) is 0 Å². The molecule has 1 saturated heterocycles. The van der Waals surface area contributed by atoms with Crippen molar-refractivity contribution >= 4 is 5.57 Å². The zero-order chi connectivity index (χ0) is 15.6. The van der Waals surface area contributed by atoms with E-state index in [-0.39, 0.29) is 0 Å². The predicted molar refractivity (Wildman–Crippen MR) is 91.9 cm³/mol. The van der Waals surface area contributed by atoms with Gasteiger partial charge < -0.3 is 4.74 Å². The van der Waals surface area contributed by atoms with Gasteiger partial charge in [0.1, 0.15) is 0 Å². The van der Waals surface area contributed by atoms with Crippen molar-refractivity contribution < 1.29 is 4.74 Å². The van der Waals surface area contributed by atoms with Crippen LogP contribution in [0.2, 0.25) is 0 Å². The minimum Gasteiger partial charge on any atom is -0.378 e. The van der Waals surface area contributed by atoms with Gasteiger partial charge in [-0.3, -0.25) is 9.88 Å². The quantitative estimate of drug-likeness (QED) is 0.868. The first-order chi connectivity index (χ1) is 11.3. The van der Waals surface area contributed by atoms with Crippen LogP contribution in [-0.4, -0.2) is 35.2 Å². The predicted octanol–water partition coefficient (Wildman–Crippen LogP) is 3.45. The average molecular weight is 306 g/mol. The zero-order valence-corrected chi connectivity index (χ0v) is 13.5. The number of fused-ring (bicyclic) bond motifs is 2. The molecule has 1 aromatic heterocycles. The molecule has 0 radical (unpaired) electrons. The number of hydrogen-bond acceptors (Lipinski definition) is 3. The van der Waals surface area contributed by atoms with Crippen LogP contribution in [0.25, 0.3) is 5.57 Å². The van der Waals surface area contributed by atoms with E-state index in [0.717, 1.165) is 31.9 Å². The van der Waals surface area contributed by atoms with Crippen molar-refractivity contribution in [2.45, 2.75) is 32.0 Å². The molecule has 1 aromatic carbocycles. The Hall–Kier alpha value is -1.97. The molecule has 3 heteroatoms. The van der Waals surface area contributed by atoms with Crippen LogP contribution in [0.1, 0.15) is 23.2 Å². The molecule has 3 heterocycles. The molecule has 2 atom stereocenters. The normalized spacial score (nSPS) is 24.3. The molecule has 2 aliphatic heterocycles. The summed E-state index contributed by atoms with van der Waals surface area (Å²) in [7, 11) is 0. The zero-order valence-electron chi connectivity index (χ0n) is 13.5. The molecule has 1 fully saturated rings. The first-order valence-corrected chi connectivity index (χ1v) is 8.31. The topological polar surface area (TPSA) is 25.4 Å². The Morgan fingerprint density at radius 2 is 2.00 bits per heavy atom. The second-order valence-corrected chi connectivity index (χ2v) is 6.45. The van der Waals surface area contributed by atoms with E-state index in [2.05, 4.69) is 59.3 Å². The molecule has 3 nitrogen and oxygen atoms in total. The number of benzene rings is 1. The molecule has 0 amide bonds. The summed E-state index contributed by atoms with van der Waals surface area (Å²) in [6, 6.07) is 15.8. The minimum absolute atomic E-state index is 0.359. The second-order valence-electron chi connectivity index (χ2n) is 6.45. The maximum absolute atomic E-state index is 5.82. The van der Waals surface area contributed by atoms with E-state index < -0.39 is 0 Å². The lowest BCUT2D eigenvalue weighted by Gasteiger charge is -2.45. The van der Waals surface area contributed by atoms with E-state index in [1.807, 2.05) is 12.3 Å². The molecule has 0 spiro atoms. The highest BCUT2D eigenvalue weighted by Crippen LogP contribution is 2.34. The maximum Gasteiger partial charge on any atom is 0.0658 e. The fraction of sp³-hybridized carbons (Fsp3) is 0.350. The lowest BCUT2D eigenvalue weighted by Crippen LogP contribution is -2.53. The molecular weight excluding hydrogens is 284 g/mol. The number of aryl methyl sites for hydroxylation is 1. The van der Waals surface area contributed by atoms with E-state index in [1.54, 1.807) is 0 Å². The van der Waals surface area contributed by atoms with Crippen molar-refractivity contribution in [2.75, 3.05) is 13.2 Å². The van der Waals surface area contributed by atoms with Crippen molar-refractivity contribution in [3.05, 3.63) is 71.6 Å². The molecule has 0 saturated carbocycles. The summed E-state index contributed by atoms with van der Waals surface area (Å²) in [4.78, 5) is 7.04. The van der Waals surface area contributed by atoms with Gasteiger partial charge in [-0.05, 0) is 36.1 Å². The standard InChI is InChI=1S/C20H22N2O/c1-15-20(8-5-9-21-15)17-10-18-13-23-14-19(11-17)22(18)12-16-6-3-2-4-7-16/h2-10,18-19H,11-14H2,1H3. The van der Waals surface area contributed by atoms with Gasteiger partial charge in [0.05, 0.1) is 19.3 Å². The number of rotatable bonds is 3. The molecule has 0 aliphatic carbocycles. The number of morpholine rings is 1. The van der Waals surface area contributed by atoms with E-state index in [9.17, 15) is 0 Å². The highest BCUT2D eigenvalue weighted by Gasteiger charge is 2.35. The summed E-state index contributed by atoms with van der Waals surface area (Å²) < 4.78 is 5.82. The summed E-state index contributed by atoms with van der Waals surface area (Å²) in [5, 5.41) is 0. The van der Waals surface area contributed by atoms with E-state index in [4.69, 9.17) is 4.74 Å². The van der Waals surface area contributed by atoms with Crippen molar-refractivity contribution in [2.24, 2.45) is 0 Å². The number of pyridine rings is 1. The highest BCUT2D eigenvalue weighted by atomic mass is 16.5. The van der Waals surface area contributed by atoms with Gasteiger partial charge in [0.15, 0.2) is 0 Å². The highest BCUT2D eigenvalue weighted by molar-refractivity contribution is 5.69. The fourth-order valence-corrected chi connectivity index (χ4v) is 3.73. The van der Waals surface area contributed by atoms with Crippen LogP contribution in [0.4, 0.5) is 0 Å². The number of nitrogens with zero attached hydrogens (tertiary/aromatic N) is 2. The van der Waals surface area contributed by atoms with Gasteiger partial charge in [0.25, 0.3) is 0 Å². The Morgan fingerprint density at radius 1 is 1.13 bits per heavy atom. The largest absolute Gasteiger partial charge is 0.378 e. The molecule has 2 aromatic rings. The Labute approximate surface area is 137 Å². The molecule has 2 aliphatic rings. The number of hydrogen-bond donors (Lipinski definition) is 0. The lowest BCUT2D eigenvalue weighted by molar-refractivity contribution is -0.0402. The maximum atomic E-state index is 5.82. The smallest absolute Gasteiger partial charge is 0.0658 e. The average Bonchev–Trinajstić information content (AvgIpc) is 2.56. The molecule has 2 unspecified atom stereocenters. The first kappa shape index (κ1) is 14.6. The number of ether oxygens (including phenoxy) is 1. The Bertz CT molecular complexity index is 711. The van der Waals surface area contributed by atoms with Gasteiger partial charge in [-0.2, -0.15) is 0 Å². The molecule has 0 N–H and O–H groups in total. The summed E-state index contributed by atoms with van der Waals surface area (Å²) in [5.74, 6) is 0. The second kappa shape index (κ2) is 6.26. The van der Waals surface area contributed by atoms with Crippen LogP contribution < -0.4 is 0 Å². The van der Waals surface area contributed by atoms with Crippen LogP contribution in [0, 0.1) is 6.92 Å². The van der Waals surface area contributed by atoms with E-state index in [1.165, 1.54) is 16.7 Å². The monoisotopic (exact) mass is 306 g/mol. The van der Waals surface area contributed by atoms with Crippen molar-refractivity contribution in [3.8, 4) is 0 Å². The Morgan fingerprint density at radius 3 is 2.78 bits per heavy atom. The summed E-state index contributed by atoms with van der Waals surface area (Å²) in [6.45, 7) is 4.69. The number of aromatic nitrogens is 1. The third-order valence-electron chi connectivity index (χ3n) is 4.90. The van der Waals surface area contributed by atoms with Gasteiger partial charge >= 0.3 is 0 Å². The third-order valence-corrected chi connectivity index (χ3v) is 4.90. The van der Waals surface area contributed by atoms with Crippen LogP contribution in [0.15, 0.2) is 54.7 Å². The van der Waals surface area contributed by atoms with Crippen LogP contribution >= 0.6 is 0 Å². The van der Waals surface area contributed by atoms with E-state index >= 15 is 0 Å². The molecule has 23 heavy (non-hydrogen) atoms. The Balaban J connectivity index is 1.62. The van der Waals surface area contributed by atoms with Crippen LogP contribution in [0.3, 0.4) is 0 Å². The van der Waals surface area contributed by atoms with E-state index in [0.29, 0.717) is 12.1 Å². The lowest BCUT2D eigenvalue weighted by atomic mass is 9.89. The summed E-state index contributed by atoms with van der Waals surface area (Å²) in [6.07, 6.45) is 5.30. The fourth-order valence-electron chi connectivity index (χ4n) is 3.73. The van der Waals surface area contributed by atoms with Crippen molar-refractivity contribution in [1.82, 2.24) is 9.88 Å². The van der Waals surface area contributed by atoms with Crippen LogP contribution in [-0.2, 0) is 11.3 Å². The minimum atomic E-state index is 0.359.